The largest absolute Gasteiger partial charge is 0.293 e. The van der Waals surface area contributed by atoms with Crippen molar-refractivity contribution >= 4 is 23.5 Å². The molecule has 1 N–H and O–H groups in total. The number of hydrogen-bond acceptors (Lipinski definition) is 4. The Morgan fingerprint density at radius 1 is 1.08 bits per heavy atom. The molecule has 26 heavy (non-hydrogen) atoms. The number of amides is 1. The Kier molecular flexibility index (Phi) is 5.53. The predicted molar refractivity (Wildman–Crippen MR) is 103 cm³/mol. The van der Waals surface area contributed by atoms with Gasteiger partial charge in [0.15, 0.2) is 5.78 Å². The van der Waals surface area contributed by atoms with Crippen LogP contribution in [0.1, 0.15) is 32.1 Å². The number of carbonyl (C=O) groups is 2. The van der Waals surface area contributed by atoms with Gasteiger partial charge in [-0.15, -0.1) is 0 Å². The monoisotopic (exact) mass is 365 g/mol. The van der Waals surface area contributed by atoms with E-state index in [4.69, 9.17) is 0 Å². The van der Waals surface area contributed by atoms with E-state index in [1.807, 2.05) is 56.3 Å². The number of hydrogen-bond donors (Lipinski definition) is 1. The number of aryl methyl sites for hydroxylation is 1. The van der Waals surface area contributed by atoms with Crippen LogP contribution in [-0.4, -0.2) is 27.1 Å². The average Bonchev–Trinajstić information content (AvgIpc) is 2.96. The molecule has 1 aromatic carbocycles. The van der Waals surface area contributed by atoms with Gasteiger partial charge in [0.2, 0.25) is 0 Å². The molecule has 0 unspecified atom stereocenters. The smallest absolute Gasteiger partial charge is 0.270 e. The first kappa shape index (κ1) is 17.9. The summed E-state index contributed by atoms with van der Waals surface area (Å²) in [5, 5.41) is 0.812. The van der Waals surface area contributed by atoms with Crippen LogP contribution in [0.25, 0.3) is 0 Å². The number of nitrogens with zero attached hydrogens (tertiary/aromatic N) is 2. The van der Waals surface area contributed by atoms with E-state index in [9.17, 15) is 9.59 Å². The number of rotatable bonds is 6. The molecule has 0 fully saturated rings. The van der Waals surface area contributed by atoms with Crippen molar-refractivity contribution in [2.24, 2.45) is 0 Å². The minimum absolute atomic E-state index is 0.00830. The van der Waals surface area contributed by atoms with Crippen molar-refractivity contribution in [3.05, 3.63) is 83.3 Å². The highest BCUT2D eigenvalue weighted by Gasteiger charge is 2.17. The molecule has 0 saturated heterocycles. The lowest BCUT2D eigenvalue weighted by molar-refractivity contribution is 0.0999. The van der Waals surface area contributed by atoms with Crippen molar-refractivity contribution in [3.8, 4) is 0 Å². The molecule has 0 atom stereocenters. The molecule has 3 rings (SSSR count). The van der Waals surface area contributed by atoms with Crippen LogP contribution in [0.2, 0.25) is 0 Å². The van der Waals surface area contributed by atoms with E-state index in [1.165, 1.54) is 11.8 Å². The van der Waals surface area contributed by atoms with Crippen LogP contribution in [0.4, 0.5) is 0 Å². The molecule has 2 aromatic heterocycles. The summed E-state index contributed by atoms with van der Waals surface area (Å²) in [5.41, 5.74) is 5.55. The number of aromatic nitrogens is 2. The first-order chi connectivity index (χ1) is 12.6. The minimum atomic E-state index is -0.214. The van der Waals surface area contributed by atoms with Crippen LogP contribution >= 0.6 is 11.8 Å². The molecule has 3 aromatic rings. The summed E-state index contributed by atoms with van der Waals surface area (Å²) in [6, 6.07) is 16.4. The fourth-order valence-electron chi connectivity index (χ4n) is 2.62. The molecule has 1 amide bonds. The van der Waals surface area contributed by atoms with Crippen molar-refractivity contribution in [2.45, 2.75) is 18.9 Å². The summed E-state index contributed by atoms with van der Waals surface area (Å²) in [7, 11) is 0. The number of thioether (sulfide) groups is 1. The summed E-state index contributed by atoms with van der Waals surface area (Å²) >= 11 is 1.40. The van der Waals surface area contributed by atoms with Gasteiger partial charge in [-0.25, -0.2) is 4.98 Å². The Morgan fingerprint density at radius 2 is 1.81 bits per heavy atom. The minimum Gasteiger partial charge on any atom is -0.293 e. The maximum absolute atomic E-state index is 12.6. The van der Waals surface area contributed by atoms with Gasteiger partial charge in [-0.2, -0.15) is 0 Å². The summed E-state index contributed by atoms with van der Waals surface area (Å²) in [4.78, 5) is 29.2. The summed E-state index contributed by atoms with van der Waals surface area (Å²) in [6.07, 6.45) is 1.71. The maximum atomic E-state index is 12.6. The molecule has 0 aliphatic rings. The van der Waals surface area contributed by atoms with Gasteiger partial charge in [-0.3, -0.25) is 19.7 Å². The summed E-state index contributed by atoms with van der Waals surface area (Å²) in [5.74, 6) is 0.0942. The first-order valence-electron chi connectivity index (χ1n) is 8.18. The predicted octanol–water partition coefficient (Wildman–Crippen LogP) is 3.86. The van der Waals surface area contributed by atoms with Gasteiger partial charge in [0.1, 0.15) is 0 Å². The number of nitrogens with one attached hydrogen (secondary N) is 1. The third-order valence-corrected chi connectivity index (χ3v) is 4.91. The number of carbonyl (C=O) groups excluding carboxylic acids is 2. The third kappa shape index (κ3) is 4.03. The van der Waals surface area contributed by atoms with Crippen LogP contribution in [0, 0.1) is 13.8 Å². The van der Waals surface area contributed by atoms with E-state index in [-0.39, 0.29) is 11.7 Å². The van der Waals surface area contributed by atoms with Crippen LogP contribution in [-0.2, 0) is 0 Å². The second-order valence-electron chi connectivity index (χ2n) is 5.81. The van der Waals surface area contributed by atoms with Crippen LogP contribution in [0.15, 0.2) is 65.8 Å². The zero-order chi connectivity index (χ0) is 18.5. The molecule has 5 nitrogen and oxygen atoms in total. The van der Waals surface area contributed by atoms with Crippen LogP contribution < -0.4 is 5.43 Å². The molecule has 0 aliphatic carbocycles. The van der Waals surface area contributed by atoms with Gasteiger partial charge >= 0.3 is 0 Å². The van der Waals surface area contributed by atoms with E-state index in [0.29, 0.717) is 16.9 Å². The molecule has 0 saturated carbocycles. The Labute approximate surface area is 156 Å². The fourth-order valence-corrected chi connectivity index (χ4v) is 3.37. The van der Waals surface area contributed by atoms with Gasteiger partial charge in [0, 0.05) is 28.7 Å². The summed E-state index contributed by atoms with van der Waals surface area (Å²) < 4.78 is 1.66. The highest BCUT2D eigenvalue weighted by atomic mass is 32.2. The van der Waals surface area contributed by atoms with E-state index in [2.05, 4.69) is 10.4 Å². The number of pyridine rings is 1. The zero-order valence-electron chi connectivity index (χ0n) is 14.6. The SMILES string of the molecule is Cc1cc(C(=O)CSc2ccccn2)c(C)n1NC(=O)c1ccccc1. The molecule has 6 heteroatoms. The molecule has 132 valence electrons. The molecule has 0 radical (unpaired) electrons. The van der Waals surface area contributed by atoms with Gasteiger partial charge < -0.3 is 0 Å². The zero-order valence-corrected chi connectivity index (χ0v) is 15.4. The fraction of sp³-hybridized carbons (Fsp3) is 0.150. The molecular formula is C20H19N3O2S. The molecule has 0 spiro atoms. The molecule has 2 heterocycles. The standard InChI is InChI=1S/C20H19N3O2S/c1-14-12-17(18(24)13-26-19-10-6-7-11-21-19)15(2)23(14)22-20(25)16-8-4-3-5-9-16/h3-12H,13H2,1-2H3,(H,22,25). The lowest BCUT2D eigenvalue weighted by Gasteiger charge is -2.11. The van der Waals surface area contributed by atoms with Crippen LogP contribution in [0.5, 0.6) is 0 Å². The topological polar surface area (TPSA) is 64.0 Å². The Bertz CT molecular complexity index is 921. The molecular weight excluding hydrogens is 346 g/mol. The lowest BCUT2D eigenvalue weighted by atomic mass is 10.2. The van der Waals surface area contributed by atoms with Crippen molar-refractivity contribution in [2.75, 3.05) is 11.2 Å². The Hall–Kier alpha value is -2.86. The van der Waals surface area contributed by atoms with E-state index in [0.717, 1.165) is 16.4 Å². The maximum Gasteiger partial charge on any atom is 0.270 e. The highest BCUT2D eigenvalue weighted by molar-refractivity contribution is 7.99. The first-order valence-corrected chi connectivity index (χ1v) is 9.17. The number of ketones is 1. The van der Waals surface area contributed by atoms with E-state index < -0.39 is 0 Å². The molecule has 0 aliphatic heterocycles. The van der Waals surface area contributed by atoms with Crippen LogP contribution in [0.3, 0.4) is 0 Å². The quantitative estimate of drug-likeness (QED) is 0.532. The van der Waals surface area contributed by atoms with Crippen molar-refractivity contribution in [1.82, 2.24) is 9.66 Å². The van der Waals surface area contributed by atoms with Gasteiger partial charge in [-0.1, -0.05) is 36.0 Å². The van der Waals surface area contributed by atoms with Gasteiger partial charge in [-0.05, 0) is 44.2 Å². The molecule has 0 bridgehead atoms. The second-order valence-corrected chi connectivity index (χ2v) is 6.80. The van der Waals surface area contributed by atoms with E-state index in [1.54, 1.807) is 23.0 Å². The number of benzene rings is 1. The summed E-state index contributed by atoms with van der Waals surface area (Å²) in [6.45, 7) is 3.69. The second kappa shape index (κ2) is 8.01. The normalized spacial score (nSPS) is 10.5. The average molecular weight is 365 g/mol. The number of Topliss-reactive ketones (excluding diaryl/α,β-unsaturated/α-hetero) is 1. The van der Waals surface area contributed by atoms with Crippen molar-refractivity contribution in [1.29, 1.82) is 0 Å². The lowest BCUT2D eigenvalue weighted by Crippen LogP contribution is -2.25. The van der Waals surface area contributed by atoms with Crippen molar-refractivity contribution < 1.29 is 9.59 Å². The Morgan fingerprint density at radius 3 is 2.50 bits per heavy atom. The third-order valence-electron chi connectivity index (χ3n) is 3.97. The highest BCUT2D eigenvalue weighted by Crippen LogP contribution is 2.20. The van der Waals surface area contributed by atoms with E-state index >= 15 is 0 Å². The van der Waals surface area contributed by atoms with Gasteiger partial charge in [0.25, 0.3) is 5.91 Å². The van der Waals surface area contributed by atoms with Gasteiger partial charge in [0.05, 0.1) is 10.8 Å². The Balaban J connectivity index is 1.73. The van der Waals surface area contributed by atoms with Crippen molar-refractivity contribution in [3.63, 3.8) is 0 Å².